The summed E-state index contributed by atoms with van der Waals surface area (Å²) in [7, 11) is 0. The Morgan fingerprint density at radius 2 is 1.92 bits per heavy atom. The van der Waals surface area contributed by atoms with Gasteiger partial charge in [-0.15, -0.1) is 0 Å². The van der Waals surface area contributed by atoms with Crippen LogP contribution in [0, 0.1) is 5.82 Å². The van der Waals surface area contributed by atoms with E-state index in [1.165, 1.54) is 24.3 Å². The number of thiocarbonyl (C=S) groups is 1. The van der Waals surface area contributed by atoms with Gasteiger partial charge in [-0.05, 0) is 72.9 Å². The quantitative estimate of drug-likeness (QED) is 0.332. The van der Waals surface area contributed by atoms with E-state index in [2.05, 4.69) is 20.6 Å². The number of pyridine rings is 2. The van der Waals surface area contributed by atoms with Crippen LogP contribution in [-0.2, 0) is 4.79 Å². The van der Waals surface area contributed by atoms with Crippen LogP contribution in [0.1, 0.15) is 29.9 Å². The number of benzene rings is 1. The third kappa shape index (κ3) is 5.07. The highest BCUT2D eigenvalue weighted by Gasteiger charge is 2.41. The van der Waals surface area contributed by atoms with Crippen molar-refractivity contribution in [3.8, 4) is 5.82 Å². The molecular weight excluding hydrogens is 499 g/mol. The highest BCUT2D eigenvalue weighted by molar-refractivity contribution is 7.80. The zero-order chi connectivity index (χ0) is 25.1. The maximum atomic E-state index is 13.2. The van der Waals surface area contributed by atoms with Gasteiger partial charge in [0.05, 0.1) is 22.8 Å². The van der Waals surface area contributed by atoms with Crippen LogP contribution in [-0.4, -0.2) is 37.0 Å². The Balaban J connectivity index is 1.43. The normalized spacial score (nSPS) is 17.2. The second-order valence-corrected chi connectivity index (χ2v) is 9.09. The Labute approximate surface area is 217 Å². The summed E-state index contributed by atoms with van der Waals surface area (Å²) in [5, 5.41) is 7.28. The molecule has 1 fully saturated rings. The predicted octanol–water partition coefficient (Wildman–Crippen LogP) is 5.06. The van der Waals surface area contributed by atoms with Gasteiger partial charge in [0.25, 0.3) is 0 Å². The van der Waals surface area contributed by atoms with E-state index < -0.39 is 0 Å². The fourth-order valence-corrected chi connectivity index (χ4v) is 4.74. The molecular formula is C26H22ClFN6OS. The van der Waals surface area contributed by atoms with Crippen molar-refractivity contribution >= 4 is 40.5 Å². The van der Waals surface area contributed by atoms with Gasteiger partial charge < -0.3 is 20.1 Å². The lowest BCUT2D eigenvalue weighted by molar-refractivity contribution is -0.116. The second kappa shape index (κ2) is 10.4. The molecule has 0 saturated carbocycles. The molecule has 1 saturated heterocycles. The van der Waals surface area contributed by atoms with Crippen molar-refractivity contribution in [2.24, 2.45) is 0 Å². The molecule has 5 rings (SSSR count). The van der Waals surface area contributed by atoms with Crippen LogP contribution < -0.4 is 10.6 Å². The molecule has 36 heavy (non-hydrogen) atoms. The maximum absolute atomic E-state index is 13.2. The summed E-state index contributed by atoms with van der Waals surface area (Å²) in [4.78, 5) is 23.7. The molecule has 2 atom stereocenters. The van der Waals surface area contributed by atoms with Gasteiger partial charge in [-0.3, -0.25) is 9.78 Å². The largest absolute Gasteiger partial charge is 0.352 e. The van der Waals surface area contributed by atoms with Crippen molar-refractivity contribution in [3.63, 3.8) is 0 Å². The van der Waals surface area contributed by atoms with Crippen LogP contribution in [0.2, 0.25) is 5.02 Å². The molecule has 1 aliphatic rings. The number of aromatic nitrogens is 3. The molecule has 0 bridgehead atoms. The average Bonchev–Trinajstić information content (AvgIpc) is 3.49. The van der Waals surface area contributed by atoms with Crippen LogP contribution in [0.25, 0.3) is 5.82 Å². The molecule has 0 spiro atoms. The van der Waals surface area contributed by atoms with Gasteiger partial charge in [-0.2, -0.15) is 0 Å². The second-order valence-electron chi connectivity index (χ2n) is 8.26. The van der Waals surface area contributed by atoms with E-state index in [4.69, 9.17) is 23.8 Å². The van der Waals surface area contributed by atoms with Crippen molar-refractivity contribution in [2.45, 2.75) is 18.5 Å². The monoisotopic (exact) mass is 520 g/mol. The van der Waals surface area contributed by atoms with Crippen LogP contribution in [0.3, 0.4) is 0 Å². The molecule has 7 nitrogen and oxygen atoms in total. The standard InChI is InChI=1S/C26H22ClFN6OS/c27-17-6-11-22(30-16-17)33-14-3-5-21(33)25-24(20-4-1-2-13-29-20)32-26(36)34(25)15-12-23(35)31-19-9-7-18(28)8-10-19/h1-11,13-14,16,24-25H,12,15H2,(H,31,35)(H,32,36)/t24-,25-/m1/s1. The van der Waals surface area contributed by atoms with Gasteiger partial charge in [-0.25, -0.2) is 9.37 Å². The predicted molar refractivity (Wildman–Crippen MR) is 140 cm³/mol. The number of hydrogen-bond acceptors (Lipinski definition) is 4. The molecule has 1 amide bonds. The minimum atomic E-state index is -0.358. The van der Waals surface area contributed by atoms with E-state index in [0.29, 0.717) is 28.2 Å². The summed E-state index contributed by atoms with van der Waals surface area (Å²) >= 11 is 11.8. The smallest absolute Gasteiger partial charge is 0.226 e. The molecule has 0 aliphatic carbocycles. The molecule has 1 aliphatic heterocycles. The summed E-state index contributed by atoms with van der Waals surface area (Å²) in [6.07, 6.45) is 5.47. The topological polar surface area (TPSA) is 75.1 Å². The molecule has 4 aromatic rings. The number of hydrogen-bond donors (Lipinski definition) is 2. The fourth-order valence-electron chi connectivity index (χ4n) is 4.30. The Hall–Kier alpha value is -3.82. The summed E-state index contributed by atoms with van der Waals surface area (Å²) in [6.45, 7) is 0.367. The van der Waals surface area contributed by atoms with Crippen molar-refractivity contribution in [2.75, 3.05) is 11.9 Å². The van der Waals surface area contributed by atoms with Crippen LogP contribution >= 0.6 is 23.8 Å². The van der Waals surface area contributed by atoms with Gasteiger partial charge in [0.1, 0.15) is 11.6 Å². The minimum Gasteiger partial charge on any atom is -0.352 e. The lowest BCUT2D eigenvalue weighted by Crippen LogP contribution is -2.33. The third-order valence-corrected chi connectivity index (χ3v) is 6.52. The lowest BCUT2D eigenvalue weighted by atomic mass is 10.0. The summed E-state index contributed by atoms with van der Waals surface area (Å²) in [5.74, 6) is 0.160. The Kier molecular flexibility index (Phi) is 6.92. The van der Waals surface area contributed by atoms with E-state index in [-0.39, 0.29) is 30.2 Å². The van der Waals surface area contributed by atoms with Crippen LogP contribution in [0.4, 0.5) is 10.1 Å². The van der Waals surface area contributed by atoms with Crippen molar-refractivity contribution < 1.29 is 9.18 Å². The van der Waals surface area contributed by atoms with Crippen molar-refractivity contribution in [3.05, 3.63) is 108 Å². The highest BCUT2D eigenvalue weighted by atomic mass is 35.5. The number of amides is 1. The first-order chi connectivity index (χ1) is 17.5. The van der Waals surface area contributed by atoms with Crippen molar-refractivity contribution in [1.82, 2.24) is 24.8 Å². The summed E-state index contributed by atoms with van der Waals surface area (Å²) in [5.41, 5.74) is 2.31. The Bertz CT molecular complexity index is 1360. The van der Waals surface area contributed by atoms with Gasteiger partial charge in [0, 0.05) is 42.9 Å². The number of anilines is 1. The maximum Gasteiger partial charge on any atom is 0.226 e. The van der Waals surface area contributed by atoms with Gasteiger partial charge >= 0.3 is 0 Å². The molecule has 4 heterocycles. The third-order valence-electron chi connectivity index (χ3n) is 5.95. The number of carbonyl (C=O) groups is 1. The number of nitrogens with zero attached hydrogens (tertiary/aromatic N) is 4. The first-order valence-electron chi connectivity index (χ1n) is 11.3. The van der Waals surface area contributed by atoms with E-state index >= 15 is 0 Å². The first-order valence-corrected chi connectivity index (χ1v) is 12.1. The zero-order valence-electron chi connectivity index (χ0n) is 19.0. The molecule has 182 valence electrons. The SMILES string of the molecule is O=C(CCN1C(=S)N[C@H](c2ccccn2)[C@H]1c1cccn1-c1ccc(Cl)cn1)Nc1ccc(F)cc1. The summed E-state index contributed by atoms with van der Waals surface area (Å²) < 4.78 is 15.2. The molecule has 0 unspecified atom stereocenters. The molecule has 1 aromatic carbocycles. The van der Waals surface area contributed by atoms with Gasteiger partial charge in [-0.1, -0.05) is 17.7 Å². The molecule has 2 N–H and O–H groups in total. The number of rotatable bonds is 7. The lowest BCUT2D eigenvalue weighted by Gasteiger charge is -2.28. The van der Waals surface area contributed by atoms with Crippen LogP contribution in [0.5, 0.6) is 0 Å². The average molecular weight is 521 g/mol. The fraction of sp³-hybridized carbons (Fsp3) is 0.154. The van der Waals surface area contributed by atoms with Gasteiger partial charge in [0.15, 0.2) is 5.11 Å². The van der Waals surface area contributed by atoms with E-state index in [0.717, 1.165) is 11.4 Å². The molecule has 3 aromatic heterocycles. The first kappa shape index (κ1) is 23.9. The number of halogens is 2. The number of carbonyl (C=O) groups excluding carboxylic acids is 1. The minimum absolute atomic E-state index is 0.185. The van der Waals surface area contributed by atoms with Gasteiger partial charge in [0.2, 0.25) is 5.91 Å². The summed E-state index contributed by atoms with van der Waals surface area (Å²) in [6, 6.07) is 18.5. The Morgan fingerprint density at radius 1 is 1.08 bits per heavy atom. The molecule has 0 radical (unpaired) electrons. The van der Waals surface area contributed by atoms with E-state index in [9.17, 15) is 9.18 Å². The highest BCUT2D eigenvalue weighted by Crippen LogP contribution is 2.39. The van der Waals surface area contributed by atoms with E-state index in [1.807, 2.05) is 52.1 Å². The van der Waals surface area contributed by atoms with E-state index in [1.54, 1.807) is 18.5 Å². The zero-order valence-corrected chi connectivity index (χ0v) is 20.6. The number of nitrogens with one attached hydrogen (secondary N) is 2. The van der Waals surface area contributed by atoms with Crippen LogP contribution in [0.15, 0.2) is 85.3 Å². The Morgan fingerprint density at radius 3 is 2.64 bits per heavy atom. The van der Waals surface area contributed by atoms with Crippen molar-refractivity contribution in [1.29, 1.82) is 0 Å². The molecule has 10 heteroatoms.